The SMILES string of the molecule is CC(CN1CCN(c2ccccn2)CC1)NC(=O)c1ccn(-c2ccc(F)cc2)n1. The van der Waals surface area contributed by atoms with Crippen LogP contribution in [0.15, 0.2) is 60.9 Å². The van der Waals surface area contributed by atoms with Crippen molar-refractivity contribution in [3.8, 4) is 5.69 Å². The van der Waals surface area contributed by atoms with Crippen molar-refractivity contribution in [2.75, 3.05) is 37.6 Å². The zero-order valence-electron chi connectivity index (χ0n) is 16.9. The molecular weight excluding hydrogens is 383 g/mol. The van der Waals surface area contributed by atoms with Crippen LogP contribution in [0.25, 0.3) is 5.69 Å². The van der Waals surface area contributed by atoms with E-state index in [1.165, 1.54) is 12.1 Å². The summed E-state index contributed by atoms with van der Waals surface area (Å²) in [5, 5.41) is 7.33. The summed E-state index contributed by atoms with van der Waals surface area (Å²) in [5.74, 6) is 0.490. The number of carbonyl (C=O) groups is 1. The highest BCUT2D eigenvalue weighted by atomic mass is 19.1. The van der Waals surface area contributed by atoms with E-state index in [2.05, 4.69) is 25.2 Å². The van der Waals surface area contributed by atoms with E-state index in [0.717, 1.165) is 38.5 Å². The Hall–Kier alpha value is -3.26. The second kappa shape index (κ2) is 9.04. The van der Waals surface area contributed by atoms with E-state index in [1.54, 1.807) is 29.1 Å². The first-order chi connectivity index (χ1) is 14.6. The molecule has 0 saturated carbocycles. The van der Waals surface area contributed by atoms with E-state index in [4.69, 9.17) is 0 Å². The minimum atomic E-state index is -0.307. The number of nitrogens with zero attached hydrogens (tertiary/aromatic N) is 5. The highest BCUT2D eigenvalue weighted by molar-refractivity contribution is 5.92. The smallest absolute Gasteiger partial charge is 0.272 e. The summed E-state index contributed by atoms with van der Waals surface area (Å²) < 4.78 is 14.6. The first kappa shape index (κ1) is 20.0. The Labute approximate surface area is 175 Å². The molecule has 1 aromatic carbocycles. The summed E-state index contributed by atoms with van der Waals surface area (Å²) in [7, 11) is 0. The van der Waals surface area contributed by atoms with Crippen molar-refractivity contribution < 1.29 is 9.18 Å². The summed E-state index contributed by atoms with van der Waals surface area (Å²) in [6.45, 7) is 6.46. The number of anilines is 1. The van der Waals surface area contributed by atoms with Crippen LogP contribution in [0.2, 0.25) is 0 Å². The minimum absolute atomic E-state index is 0.00475. The van der Waals surface area contributed by atoms with Gasteiger partial charge in [-0.25, -0.2) is 14.1 Å². The lowest BCUT2D eigenvalue weighted by molar-refractivity contribution is 0.0922. The van der Waals surface area contributed by atoms with Crippen molar-refractivity contribution in [1.29, 1.82) is 0 Å². The van der Waals surface area contributed by atoms with E-state index in [-0.39, 0.29) is 17.8 Å². The van der Waals surface area contributed by atoms with Crippen molar-refractivity contribution >= 4 is 11.7 Å². The molecule has 1 atom stereocenters. The zero-order valence-corrected chi connectivity index (χ0v) is 16.9. The molecule has 7 nitrogen and oxygen atoms in total. The number of nitrogens with one attached hydrogen (secondary N) is 1. The number of halogens is 1. The van der Waals surface area contributed by atoms with Gasteiger partial charge < -0.3 is 10.2 Å². The molecule has 3 aromatic rings. The van der Waals surface area contributed by atoms with E-state index in [1.807, 2.05) is 31.3 Å². The van der Waals surface area contributed by atoms with Crippen molar-refractivity contribution in [2.24, 2.45) is 0 Å². The third kappa shape index (κ3) is 4.83. The molecule has 1 N–H and O–H groups in total. The summed E-state index contributed by atoms with van der Waals surface area (Å²) in [5.41, 5.74) is 1.04. The van der Waals surface area contributed by atoms with Crippen molar-refractivity contribution in [3.63, 3.8) is 0 Å². The molecule has 0 bridgehead atoms. The Bertz CT molecular complexity index is 967. The van der Waals surface area contributed by atoms with Crippen LogP contribution in [0.3, 0.4) is 0 Å². The first-order valence-corrected chi connectivity index (χ1v) is 10.1. The maximum atomic E-state index is 13.1. The van der Waals surface area contributed by atoms with Gasteiger partial charge in [-0.05, 0) is 49.4 Å². The minimum Gasteiger partial charge on any atom is -0.354 e. The average molecular weight is 408 g/mol. The molecule has 1 unspecified atom stereocenters. The van der Waals surface area contributed by atoms with E-state index in [0.29, 0.717) is 11.4 Å². The fourth-order valence-electron chi connectivity index (χ4n) is 3.61. The number of rotatable bonds is 6. The van der Waals surface area contributed by atoms with Gasteiger partial charge >= 0.3 is 0 Å². The lowest BCUT2D eigenvalue weighted by atomic mass is 10.2. The maximum absolute atomic E-state index is 13.1. The van der Waals surface area contributed by atoms with Gasteiger partial charge in [-0.2, -0.15) is 5.10 Å². The van der Waals surface area contributed by atoms with Crippen molar-refractivity contribution in [3.05, 3.63) is 72.4 Å². The van der Waals surface area contributed by atoms with Crippen LogP contribution in [0.4, 0.5) is 10.2 Å². The summed E-state index contributed by atoms with van der Waals surface area (Å²) in [6.07, 6.45) is 3.51. The molecule has 1 aliphatic heterocycles. The van der Waals surface area contributed by atoms with Gasteiger partial charge in [0.1, 0.15) is 11.6 Å². The molecule has 3 heterocycles. The molecule has 0 radical (unpaired) electrons. The van der Waals surface area contributed by atoms with Gasteiger partial charge in [0, 0.05) is 51.2 Å². The number of pyridine rings is 1. The van der Waals surface area contributed by atoms with Crippen LogP contribution in [-0.2, 0) is 0 Å². The highest BCUT2D eigenvalue weighted by Crippen LogP contribution is 2.13. The molecule has 30 heavy (non-hydrogen) atoms. The molecule has 2 aromatic heterocycles. The predicted octanol–water partition coefficient (Wildman–Crippen LogP) is 2.35. The number of aromatic nitrogens is 3. The number of hydrogen-bond donors (Lipinski definition) is 1. The standard InChI is InChI=1S/C22H25FN6O/c1-17(16-27-12-14-28(15-13-27)21-4-2-3-10-24-21)25-22(30)20-9-11-29(26-20)19-7-5-18(23)6-8-19/h2-11,17H,12-16H2,1H3,(H,25,30). The molecular formula is C22H25FN6O. The quantitative estimate of drug-likeness (QED) is 0.678. The topological polar surface area (TPSA) is 66.3 Å². The molecule has 0 spiro atoms. The van der Waals surface area contributed by atoms with Crippen molar-refractivity contribution in [1.82, 2.24) is 25.0 Å². The highest BCUT2D eigenvalue weighted by Gasteiger charge is 2.21. The Balaban J connectivity index is 1.27. The van der Waals surface area contributed by atoms with Gasteiger partial charge in [0.05, 0.1) is 5.69 Å². The Kier molecular flexibility index (Phi) is 6.04. The van der Waals surface area contributed by atoms with Crippen LogP contribution in [0.5, 0.6) is 0 Å². The van der Waals surface area contributed by atoms with E-state index >= 15 is 0 Å². The van der Waals surface area contributed by atoms with Gasteiger partial charge in [0.25, 0.3) is 5.91 Å². The van der Waals surface area contributed by atoms with Crippen LogP contribution < -0.4 is 10.2 Å². The third-order valence-corrected chi connectivity index (χ3v) is 5.17. The largest absolute Gasteiger partial charge is 0.354 e. The predicted molar refractivity (Wildman–Crippen MR) is 113 cm³/mol. The summed E-state index contributed by atoms with van der Waals surface area (Å²) in [6, 6.07) is 13.6. The molecule has 1 aliphatic rings. The molecule has 156 valence electrons. The molecule has 1 saturated heterocycles. The Morgan fingerprint density at radius 2 is 1.87 bits per heavy atom. The van der Waals surface area contributed by atoms with Gasteiger partial charge in [-0.1, -0.05) is 6.07 Å². The van der Waals surface area contributed by atoms with Gasteiger partial charge in [0.15, 0.2) is 5.69 Å². The summed E-state index contributed by atoms with van der Waals surface area (Å²) >= 11 is 0. The monoisotopic (exact) mass is 408 g/mol. The Morgan fingerprint density at radius 1 is 1.10 bits per heavy atom. The number of benzene rings is 1. The second-order valence-corrected chi connectivity index (χ2v) is 7.47. The van der Waals surface area contributed by atoms with Gasteiger partial charge in [-0.3, -0.25) is 9.69 Å². The number of hydrogen-bond acceptors (Lipinski definition) is 5. The normalized spacial score (nSPS) is 15.7. The lowest BCUT2D eigenvalue weighted by Gasteiger charge is -2.36. The molecule has 1 amide bonds. The molecule has 4 rings (SSSR count). The maximum Gasteiger partial charge on any atom is 0.272 e. The average Bonchev–Trinajstić information content (AvgIpc) is 3.26. The van der Waals surface area contributed by atoms with E-state index < -0.39 is 0 Å². The van der Waals surface area contributed by atoms with Crippen LogP contribution in [-0.4, -0.2) is 64.3 Å². The molecule has 8 heteroatoms. The zero-order chi connectivity index (χ0) is 20.9. The number of piperazine rings is 1. The second-order valence-electron chi connectivity index (χ2n) is 7.47. The Morgan fingerprint density at radius 3 is 2.57 bits per heavy atom. The fourth-order valence-corrected chi connectivity index (χ4v) is 3.61. The number of carbonyl (C=O) groups excluding carboxylic acids is 1. The van der Waals surface area contributed by atoms with Gasteiger partial charge in [-0.15, -0.1) is 0 Å². The first-order valence-electron chi connectivity index (χ1n) is 10.1. The van der Waals surface area contributed by atoms with Crippen LogP contribution in [0.1, 0.15) is 17.4 Å². The van der Waals surface area contributed by atoms with Crippen molar-refractivity contribution in [2.45, 2.75) is 13.0 Å². The lowest BCUT2D eigenvalue weighted by Crippen LogP contribution is -2.51. The fraction of sp³-hybridized carbons (Fsp3) is 0.318. The summed E-state index contributed by atoms with van der Waals surface area (Å²) in [4.78, 5) is 21.6. The van der Waals surface area contributed by atoms with Crippen LogP contribution >= 0.6 is 0 Å². The van der Waals surface area contributed by atoms with Gasteiger partial charge in [0.2, 0.25) is 0 Å². The number of amides is 1. The molecule has 1 fully saturated rings. The molecule has 0 aliphatic carbocycles. The van der Waals surface area contributed by atoms with E-state index in [9.17, 15) is 9.18 Å². The third-order valence-electron chi connectivity index (χ3n) is 5.17. The van der Waals surface area contributed by atoms with Crippen LogP contribution in [0, 0.1) is 5.82 Å².